The molecule has 150 valence electrons. The van der Waals surface area contributed by atoms with Crippen molar-refractivity contribution < 1.29 is 0 Å². The van der Waals surface area contributed by atoms with E-state index in [2.05, 4.69) is 42.2 Å². The highest BCUT2D eigenvalue weighted by molar-refractivity contribution is 7.09. The van der Waals surface area contributed by atoms with Crippen LogP contribution in [0.25, 0.3) is 11.0 Å². The fourth-order valence-electron chi connectivity index (χ4n) is 3.04. The highest BCUT2D eigenvalue weighted by Gasteiger charge is 2.04. The van der Waals surface area contributed by atoms with Crippen molar-refractivity contribution in [2.75, 3.05) is 13.1 Å². The van der Waals surface area contributed by atoms with E-state index in [4.69, 9.17) is 4.98 Å². The summed E-state index contributed by atoms with van der Waals surface area (Å²) in [6.45, 7) is 5.19. The number of para-hydroxylation sites is 2. The van der Waals surface area contributed by atoms with Crippen LogP contribution >= 0.6 is 11.3 Å². The maximum atomic E-state index is 4.70. The number of H-pyrrole nitrogens is 1. The number of hydrogen-bond donors (Lipinski definition) is 3. The van der Waals surface area contributed by atoms with Gasteiger partial charge < -0.3 is 15.6 Å². The van der Waals surface area contributed by atoms with Crippen molar-refractivity contribution in [3.05, 3.63) is 69.7 Å². The summed E-state index contributed by atoms with van der Waals surface area (Å²) in [6, 6.07) is 12.1. The molecular weight excluding hydrogens is 382 g/mol. The van der Waals surface area contributed by atoms with E-state index in [0.717, 1.165) is 71.4 Å². The van der Waals surface area contributed by atoms with Gasteiger partial charge in [-0.2, -0.15) is 10.2 Å². The van der Waals surface area contributed by atoms with E-state index in [9.17, 15) is 0 Å². The smallest absolute Gasteiger partial charge is 0.108 e. The Hall–Kier alpha value is -2.68. The van der Waals surface area contributed by atoms with Crippen LogP contribution in [0.3, 0.4) is 0 Å². The third kappa shape index (κ3) is 5.66. The molecule has 29 heavy (non-hydrogen) atoms. The van der Waals surface area contributed by atoms with Gasteiger partial charge >= 0.3 is 0 Å². The number of imidazole rings is 1. The van der Waals surface area contributed by atoms with Gasteiger partial charge in [0, 0.05) is 44.4 Å². The summed E-state index contributed by atoms with van der Waals surface area (Å²) in [6.07, 6.45) is 1.83. The van der Waals surface area contributed by atoms with E-state index >= 15 is 0 Å². The molecule has 0 amide bonds. The first-order valence-corrected chi connectivity index (χ1v) is 10.7. The zero-order valence-electron chi connectivity index (χ0n) is 16.5. The molecular formula is C21H25N7S. The Morgan fingerprint density at radius 2 is 1.76 bits per heavy atom. The minimum Gasteiger partial charge on any atom is -0.342 e. The summed E-state index contributed by atoms with van der Waals surface area (Å²) < 4.78 is 0. The molecule has 0 aliphatic carbocycles. The fraction of sp³-hybridized carbons (Fsp3) is 0.333. The Balaban J connectivity index is 1.13. The third-order valence-electron chi connectivity index (χ3n) is 4.56. The molecule has 0 aliphatic heterocycles. The van der Waals surface area contributed by atoms with Crippen molar-refractivity contribution in [3.63, 3.8) is 0 Å². The summed E-state index contributed by atoms with van der Waals surface area (Å²) in [5, 5.41) is 18.4. The molecule has 4 rings (SSSR count). The average Bonchev–Trinajstić information content (AvgIpc) is 3.35. The van der Waals surface area contributed by atoms with Gasteiger partial charge in [0.15, 0.2) is 0 Å². The van der Waals surface area contributed by atoms with Gasteiger partial charge in [-0.05, 0) is 31.2 Å². The van der Waals surface area contributed by atoms with E-state index < -0.39 is 0 Å². The predicted molar refractivity (Wildman–Crippen MR) is 116 cm³/mol. The van der Waals surface area contributed by atoms with E-state index in [0.29, 0.717) is 6.54 Å². The van der Waals surface area contributed by atoms with Crippen LogP contribution in [0.5, 0.6) is 0 Å². The lowest BCUT2D eigenvalue weighted by Gasteiger charge is -2.02. The van der Waals surface area contributed by atoms with Crippen LogP contribution in [0.2, 0.25) is 0 Å². The maximum absolute atomic E-state index is 4.70. The minimum absolute atomic E-state index is 0.698. The number of benzene rings is 1. The minimum atomic E-state index is 0.698. The van der Waals surface area contributed by atoms with Gasteiger partial charge in [0.1, 0.15) is 5.82 Å². The van der Waals surface area contributed by atoms with Gasteiger partial charge in [0.05, 0.1) is 33.1 Å². The first-order chi connectivity index (χ1) is 14.3. The van der Waals surface area contributed by atoms with Crippen molar-refractivity contribution >= 4 is 22.4 Å². The highest BCUT2D eigenvalue weighted by atomic mass is 32.1. The number of hydrogen-bond acceptors (Lipinski definition) is 7. The summed E-state index contributed by atoms with van der Waals surface area (Å²) in [5.41, 5.74) is 5.08. The molecule has 1 aromatic carbocycles. The molecule has 0 fully saturated rings. The van der Waals surface area contributed by atoms with E-state index in [1.807, 2.05) is 37.3 Å². The standard InChI is InChI=1S/C21H25N7S/c1-15-6-7-16(28-27-15)12-23-13-17-14-29-21(24-17)9-11-22-10-8-20-25-18-4-2-3-5-19(18)26-20/h2-7,14,22-23H,8-13H2,1H3,(H,25,26). The quantitative estimate of drug-likeness (QED) is 0.350. The lowest BCUT2D eigenvalue weighted by atomic mass is 10.3. The van der Waals surface area contributed by atoms with Crippen molar-refractivity contribution in [2.45, 2.75) is 32.9 Å². The Labute approximate surface area is 174 Å². The van der Waals surface area contributed by atoms with Crippen LogP contribution < -0.4 is 10.6 Å². The van der Waals surface area contributed by atoms with Crippen LogP contribution in [0, 0.1) is 6.92 Å². The zero-order chi connectivity index (χ0) is 19.9. The maximum Gasteiger partial charge on any atom is 0.108 e. The zero-order valence-corrected chi connectivity index (χ0v) is 17.3. The lowest BCUT2D eigenvalue weighted by Crippen LogP contribution is -2.20. The third-order valence-corrected chi connectivity index (χ3v) is 5.51. The molecule has 3 heterocycles. The van der Waals surface area contributed by atoms with Crippen molar-refractivity contribution in [1.29, 1.82) is 0 Å². The fourth-order valence-corrected chi connectivity index (χ4v) is 3.83. The molecule has 4 aromatic rings. The van der Waals surface area contributed by atoms with Gasteiger partial charge in [-0.1, -0.05) is 12.1 Å². The summed E-state index contributed by atoms with van der Waals surface area (Å²) in [4.78, 5) is 12.7. The number of aromatic amines is 1. The number of nitrogens with zero attached hydrogens (tertiary/aromatic N) is 4. The molecule has 0 spiro atoms. The average molecular weight is 408 g/mol. The summed E-state index contributed by atoms with van der Waals surface area (Å²) >= 11 is 1.72. The van der Waals surface area contributed by atoms with Crippen LogP contribution in [0.4, 0.5) is 0 Å². The first kappa shape index (κ1) is 19.6. The molecule has 0 radical (unpaired) electrons. The Morgan fingerprint density at radius 3 is 2.62 bits per heavy atom. The second-order valence-electron chi connectivity index (χ2n) is 6.95. The first-order valence-electron chi connectivity index (χ1n) is 9.84. The van der Waals surface area contributed by atoms with Crippen molar-refractivity contribution in [3.8, 4) is 0 Å². The normalized spacial score (nSPS) is 11.3. The molecule has 0 saturated carbocycles. The number of rotatable bonds is 10. The second-order valence-corrected chi connectivity index (χ2v) is 7.90. The molecule has 0 aliphatic rings. The molecule has 3 aromatic heterocycles. The van der Waals surface area contributed by atoms with Gasteiger partial charge in [0.2, 0.25) is 0 Å². The number of nitrogens with one attached hydrogen (secondary N) is 3. The molecule has 0 atom stereocenters. The van der Waals surface area contributed by atoms with Gasteiger partial charge in [-0.25, -0.2) is 9.97 Å². The van der Waals surface area contributed by atoms with Crippen molar-refractivity contribution in [2.24, 2.45) is 0 Å². The molecule has 3 N–H and O–H groups in total. The summed E-state index contributed by atoms with van der Waals surface area (Å²) in [7, 11) is 0. The van der Waals surface area contributed by atoms with Gasteiger partial charge in [0.25, 0.3) is 0 Å². The van der Waals surface area contributed by atoms with Gasteiger partial charge in [-0.3, -0.25) is 0 Å². The number of thiazole rings is 1. The van der Waals surface area contributed by atoms with Gasteiger partial charge in [-0.15, -0.1) is 11.3 Å². The Bertz CT molecular complexity index is 1010. The lowest BCUT2D eigenvalue weighted by molar-refractivity contribution is 0.652. The molecule has 7 nitrogen and oxygen atoms in total. The van der Waals surface area contributed by atoms with Crippen LogP contribution in [0.1, 0.15) is 27.9 Å². The molecule has 0 bridgehead atoms. The second kappa shape index (κ2) is 9.69. The topological polar surface area (TPSA) is 91.4 Å². The van der Waals surface area contributed by atoms with E-state index in [-0.39, 0.29) is 0 Å². The van der Waals surface area contributed by atoms with Crippen LogP contribution in [0.15, 0.2) is 41.8 Å². The number of fused-ring (bicyclic) bond motifs is 1. The molecule has 0 saturated heterocycles. The Kier molecular flexibility index (Phi) is 6.56. The number of aryl methyl sites for hydroxylation is 1. The highest BCUT2D eigenvalue weighted by Crippen LogP contribution is 2.11. The van der Waals surface area contributed by atoms with Crippen LogP contribution in [-0.2, 0) is 25.9 Å². The van der Waals surface area contributed by atoms with Crippen molar-refractivity contribution in [1.82, 2.24) is 35.8 Å². The molecule has 0 unspecified atom stereocenters. The van der Waals surface area contributed by atoms with E-state index in [1.165, 1.54) is 0 Å². The van der Waals surface area contributed by atoms with Crippen LogP contribution in [-0.4, -0.2) is 38.2 Å². The van der Waals surface area contributed by atoms with E-state index in [1.54, 1.807) is 11.3 Å². The number of aromatic nitrogens is 5. The monoisotopic (exact) mass is 407 g/mol. The molecule has 8 heteroatoms. The predicted octanol–water partition coefficient (Wildman–Crippen LogP) is 2.78. The largest absolute Gasteiger partial charge is 0.342 e. The summed E-state index contributed by atoms with van der Waals surface area (Å²) in [5.74, 6) is 1.03. The Morgan fingerprint density at radius 1 is 0.897 bits per heavy atom. The SMILES string of the molecule is Cc1ccc(CNCc2csc(CCNCCc3nc4ccccc4[nH]3)n2)nn1.